The quantitative estimate of drug-likeness (QED) is 0.0751. The van der Waals surface area contributed by atoms with Gasteiger partial charge in [-0.3, -0.25) is 24.2 Å². The molecule has 14 heteroatoms. The number of amides is 3. The third-order valence-corrected chi connectivity index (χ3v) is 4.67. The van der Waals surface area contributed by atoms with E-state index in [-0.39, 0.29) is 31.3 Å². The van der Waals surface area contributed by atoms with Crippen molar-refractivity contribution in [2.75, 3.05) is 13.1 Å². The van der Waals surface area contributed by atoms with Gasteiger partial charge in [0.05, 0.1) is 12.4 Å². The van der Waals surface area contributed by atoms with Crippen LogP contribution in [0.2, 0.25) is 0 Å². The maximum Gasteiger partial charge on any atom is 0.322 e. The number of hydrogen-bond acceptors (Lipinski definition) is 7. The SMILES string of the molecule is CC(C)CC(N)C(=O)NC(Cc1cnc[nH]1)C(=O)NC(CCCN=C(N)N)C(=O)NCC(=O)O. The molecule has 3 unspecified atom stereocenters. The van der Waals surface area contributed by atoms with E-state index in [0.29, 0.717) is 18.5 Å². The molecule has 1 heterocycles. The van der Waals surface area contributed by atoms with Crippen molar-refractivity contribution in [2.24, 2.45) is 28.1 Å². The van der Waals surface area contributed by atoms with Crippen LogP contribution in [0.15, 0.2) is 17.5 Å². The van der Waals surface area contributed by atoms with Crippen molar-refractivity contribution in [1.29, 1.82) is 0 Å². The zero-order valence-corrected chi connectivity index (χ0v) is 19.4. The van der Waals surface area contributed by atoms with Crippen LogP contribution in [0.1, 0.15) is 38.8 Å². The molecule has 34 heavy (non-hydrogen) atoms. The highest BCUT2D eigenvalue weighted by Crippen LogP contribution is 2.06. The first-order valence-corrected chi connectivity index (χ1v) is 10.9. The largest absolute Gasteiger partial charge is 0.480 e. The average Bonchev–Trinajstić information content (AvgIpc) is 3.25. The monoisotopic (exact) mass is 481 g/mol. The topological polar surface area (TPSA) is 244 Å². The van der Waals surface area contributed by atoms with Gasteiger partial charge in [-0.15, -0.1) is 0 Å². The number of hydrogen-bond donors (Lipinski definition) is 8. The number of rotatable bonds is 15. The maximum atomic E-state index is 13.1. The number of aliphatic imine (C=N–C) groups is 1. The van der Waals surface area contributed by atoms with Gasteiger partial charge >= 0.3 is 5.97 Å². The highest BCUT2D eigenvalue weighted by atomic mass is 16.4. The second-order valence-electron chi connectivity index (χ2n) is 8.20. The Morgan fingerprint density at radius 1 is 1.12 bits per heavy atom. The highest BCUT2D eigenvalue weighted by Gasteiger charge is 2.29. The van der Waals surface area contributed by atoms with E-state index < -0.39 is 48.4 Å². The van der Waals surface area contributed by atoms with E-state index >= 15 is 0 Å². The Morgan fingerprint density at radius 3 is 2.35 bits per heavy atom. The lowest BCUT2D eigenvalue weighted by Gasteiger charge is -2.24. The second kappa shape index (κ2) is 14.5. The molecule has 0 fully saturated rings. The summed E-state index contributed by atoms with van der Waals surface area (Å²) in [7, 11) is 0. The molecule has 0 aromatic carbocycles. The smallest absolute Gasteiger partial charge is 0.322 e. The van der Waals surface area contributed by atoms with E-state index in [2.05, 4.69) is 30.9 Å². The lowest BCUT2D eigenvalue weighted by atomic mass is 10.0. The number of guanidine groups is 1. The summed E-state index contributed by atoms with van der Waals surface area (Å²) in [5.74, 6) is -3.01. The third kappa shape index (κ3) is 11.3. The van der Waals surface area contributed by atoms with Gasteiger partial charge in [0.2, 0.25) is 17.7 Å². The molecule has 0 spiro atoms. The normalized spacial score (nSPS) is 13.4. The predicted molar refractivity (Wildman–Crippen MR) is 124 cm³/mol. The number of carboxylic acid groups (broad SMARTS) is 1. The van der Waals surface area contributed by atoms with Gasteiger partial charge < -0.3 is 43.2 Å². The van der Waals surface area contributed by atoms with Crippen molar-refractivity contribution in [2.45, 2.75) is 57.7 Å². The van der Waals surface area contributed by atoms with Gasteiger partial charge in [-0.25, -0.2) is 4.98 Å². The van der Waals surface area contributed by atoms with Crippen LogP contribution in [0.3, 0.4) is 0 Å². The number of nitrogens with zero attached hydrogens (tertiary/aromatic N) is 2. The van der Waals surface area contributed by atoms with E-state index in [0.717, 1.165) is 0 Å². The predicted octanol–water partition coefficient (Wildman–Crippen LogP) is -2.45. The van der Waals surface area contributed by atoms with Crippen LogP contribution in [0, 0.1) is 5.92 Å². The molecule has 1 rings (SSSR count). The summed E-state index contributed by atoms with van der Waals surface area (Å²) < 4.78 is 0. The van der Waals surface area contributed by atoms with Crippen molar-refractivity contribution >= 4 is 29.7 Å². The van der Waals surface area contributed by atoms with Gasteiger partial charge in [0, 0.05) is 24.9 Å². The van der Waals surface area contributed by atoms with E-state index in [1.165, 1.54) is 12.5 Å². The number of aromatic amines is 1. The lowest BCUT2D eigenvalue weighted by molar-refractivity contribution is -0.138. The van der Waals surface area contributed by atoms with Crippen LogP contribution in [-0.2, 0) is 25.6 Å². The van der Waals surface area contributed by atoms with Gasteiger partial charge in [-0.2, -0.15) is 0 Å². The fraction of sp³-hybridized carbons (Fsp3) is 0.600. The average molecular weight is 482 g/mol. The molecule has 0 aliphatic carbocycles. The molecule has 3 atom stereocenters. The van der Waals surface area contributed by atoms with Gasteiger partial charge in [0.25, 0.3) is 0 Å². The van der Waals surface area contributed by atoms with Crippen LogP contribution < -0.4 is 33.2 Å². The Kier molecular flexibility index (Phi) is 12.1. The van der Waals surface area contributed by atoms with Crippen LogP contribution in [-0.4, -0.2) is 75.9 Å². The first-order chi connectivity index (χ1) is 16.0. The molecule has 1 aromatic rings. The van der Waals surface area contributed by atoms with Gasteiger partial charge in [-0.05, 0) is 25.2 Å². The summed E-state index contributed by atoms with van der Waals surface area (Å²) in [5.41, 5.74) is 17.1. The summed E-state index contributed by atoms with van der Waals surface area (Å²) in [6.45, 7) is 3.44. The maximum absolute atomic E-state index is 13.1. The zero-order chi connectivity index (χ0) is 25.7. The number of H-pyrrole nitrogens is 1. The van der Waals surface area contributed by atoms with Crippen molar-refractivity contribution in [3.63, 3.8) is 0 Å². The molecule has 0 saturated carbocycles. The molecule has 11 N–H and O–H groups in total. The highest BCUT2D eigenvalue weighted by molar-refractivity contribution is 5.93. The number of aromatic nitrogens is 2. The zero-order valence-electron chi connectivity index (χ0n) is 19.4. The van der Waals surface area contributed by atoms with Gasteiger partial charge in [-0.1, -0.05) is 13.8 Å². The van der Waals surface area contributed by atoms with E-state index in [9.17, 15) is 19.2 Å². The number of nitrogens with one attached hydrogen (secondary N) is 4. The molecule has 0 aliphatic heterocycles. The molecule has 0 saturated heterocycles. The number of carbonyl (C=O) groups excluding carboxylic acids is 3. The summed E-state index contributed by atoms with van der Waals surface area (Å²) >= 11 is 0. The van der Waals surface area contributed by atoms with E-state index in [1.54, 1.807) is 0 Å². The minimum atomic E-state index is -1.23. The Hall–Kier alpha value is -3.68. The Morgan fingerprint density at radius 2 is 1.79 bits per heavy atom. The fourth-order valence-corrected chi connectivity index (χ4v) is 3.05. The Balaban J connectivity index is 2.96. The van der Waals surface area contributed by atoms with Gasteiger partial charge in [0.15, 0.2) is 5.96 Å². The molecule has 1 aromatic heterocycles. The standard InChI is InChI=1S/C20H35N9O5/c1-11(2)6-13(21)17(32)29-15(7-12-8-24-10-27-12)19(34)28-14(4-3-5-25-20(22)23)18(33)26-9-16(30)31/h8,10-11,13-15H,3-7,9,21H2,1-2H3,(H,24,27)(H,26,33)(H,28,34)(H,29,32)(H,30,31)(H4,22,23,25). The molecular formula is C20H35N9O5. The number of nitrogens with two attached hydrogens (primary N) is 3. The third-order valence-electron chi connectivity index (χ3n) is 4.67. The summed E-state index contributed by atoms with van der Waals surface area (Å²) in [4.78, 5) is 59.6. The molecular weight excluding hydrogens is 446 g/mol. The van der Waals surface area contributed by atoms with Crippen molar-refractivity contribution < 1.29 is 24.3 Å². The summed E-state index contributed by atoms with van der Waals surface area (Å²) in [6, 6.07) is -2.95. The summed E-state index contributed by atoms with van der Waals surface area (Å²) in [5, 5.41) is 16.3. The fourth-order valence-electron chi connectivity index (χ4n) is 3.05. The molecule has 190 valence electrons. The van der Waals surface area contributed by atoms with Crippen LogP contribution >= 0.6 is 0 Å². The lowest BCUT2D eigenvalue weighted by Crippen LogP contribution is -2.56. The molecule has 0 radical (unpaired) electrons. The Labute approximate surface area is 197 Å². The van der Waals surface area contributed by atoms with E-state index in [1.807, 2.05) is 13.8 Å². The number of carboxylic acids is 1. The van der Waals surface area contributed by atoms with Crippen LogP contribution in [0.25, 0.3) is 0 Å². The number of aliphatic carboxylic acids is 1. The molecule has 3 amide bonds. The minimum absolute atomic E-state index is 0.0729. The first kappa shape index (κ1) is 28.4. The van der Waals surface area contributed by atoms with E-state index in [4.69, 9.17) is 22.3 Å². The van der Waals surface area contributed by atoms with Crippen molar-refractivity contribution in [3.05, 3.63) is 18.2 Å². The van der Waals surface area contributed by atoms with Crippen molar-refractivity contribution in [3.8, 4) is 0 Å². The number of imidazole rings is 1. The number of carbonyl (C=O) groups is 4. The second-order valence-corrected chi connectivity index (χ2v) is 8.20. The Bertz CT molecular complexity index is 837. The summed E-state index contributed by atoms with van der Waals surface area (Å²) in [6.07, 6.45) is 3.90. The minimum Gasteiger partial charge on any atom is -0.480 e. The van der Waals surface area contributed by atoms with Crippen molar-refractivity contribution in [1.82, 2.24) is 25.9 Å². The van der Waals surface area contributed by atoms with Crippen LogP contribution in [0.4, 0.5) is 0 Å². The molecule has 0 aliphatic rings. The van der Waals surface area contributed by atoms with Crippen LogP contribution in [0.5, 0.6) is 0 Å². The van der Waals surface area contributed by atoms with Gasteiger partial charge in [0.1, 0.15) is 18.6 Å². The molecule has 0 bridgehead atoms. The first-order valence-electron chi connectivity index (χ1n) is 10.9. The molecule has 14 nitrogen and oxygen atoms in total.